The van der Waals surface area contributed by atoms with E-state index >= 15 is 0 Å². The Morgan fingerprint density at radius 3 is 2.26 bits per heavy atom. The van der Waals surface area contributed by atoms with Gasteiger partial charge in [-0.25, -0.2) is 0 Å². The van der Waals surface area contributed by atoms with E-state index < -0.39 is 0 Å². The Hall–Kier alpha value is -1.60. The minimum atomic E-state index is 0.595. The molecular weight excluding hydrogens is 230 g/mol. The van der Waals surface area contributed by atoms with Gasteiger partial charge in [-0.05, 0) is 36.9 Å². The van der Waals surface area contributed by atoms with Crippen molar-refractivity contribution in [3.8, 4) is 0 Å². The lowest BCUT2D eigenvalue weighted by atomic mass is 9.77. The minimum Gasteiger partial charge on any atom is -0.316 e. The first-order valence-electron chi connectivity index (χ1n) is 7.17. The van der Waals surface area contributed by atoms with Crippen LogP contribution in [0.15, 0.2) is 54.6 Å². The molecule has 1 heteroatoms. The van der Waals surface area contributed by atoms with E-state index in [9.17, 15) is 0 Å². The highest BCUT2D eigenvalue weighted by Gasteiger charge is 2.27. The maximum atomic E-state index is 3.54. The Labute approximate surface area is 115 Å². The van der Waals surface area contributed by atoms with Gasteiger partial charge in [0.05, 0.1) is 0 Å². The maximum Gasteiger partial charge on any atom is 0.00326 e. The molecule has 0 bridgehead atoms. The van der Waals surface area contributed by atoms with E-state index in [2.05, 4.69) is 66.8 Å². The van der Waals surface area contributed by atoms with Crippen LogP contribution in [0.5, 0.6) is 0 Å². The van der Waals surface area contributed by atoms with Gasteiger partial charge in [0, 0.05) is 12.5 Å². The predicted molar refractivity (Wildman–Crippen MR) is 80.6 cm³/mol. The number of hydrogen-bond donors (Lipinski definition) is 1. The SMILES string of the molecule is Cc1ccc([C@@H]2CCNC[C@H]2c2ccccc2)cc1. The predicted octanol–water partition coefficient (Wildman–Crippen LogP) is 3.86. The van der Waals surface area contributed by atoms with E-state index in [1.54, 1.807) is 0 Å². The van der Waals surface area contributed by atoms with Gasteiger partial charge in [0.2, 0.25) is 0 Å². The lowest BCUT2D eigenvalue weighted by Crippen LogP contribution is -2.33. The summed E-state index contributed by atoms with van der Waals surface area (Å²) in [6, 6.07) is 20.0. The number of nitrogens with one attached hydrogen (secondary N) is 1. The molecule has 0 spiro atoms. The molecule has 1 heterocycles. The van der Waals surface area contributed by atoms with Gasteiger partial charge in [-0.3, -0.25) is 0 Å². The third kappa shape index (κ3) is 2.71. The van der Waals surface area contributed by atoms with Crippen LogP contribution in [0, 0.1) is 6.92 Å². The van der Waals surface area contributed by atoms with Gasteiger partial charge in [-0.15, -0.1) is 0 Å². The van der Waals surface area contributed by atoms with E-state index in [1.165, 1.54) is 23.1 Å². The zero-order chi connectivity index (χ0) is 13.1. The van der Waals surface area contributed by atoms with E-state index in [-0.39, 0.29) is 0 Å². The molecule has 2 atom stereocenters. The number of aryl methyl sites for hydroxylation is 1. The van der Waals surface area contributed by atoms with Crippen molar-refractivity contribution in [2.75, 3.05) is 13.1 Å². The minimum absolute atomic E-state index is 0.595. The molecule has 0 unspecified atom stereocenters. The second-order valence-corrected chi connectivity index (χ2v) is 5.53. The first-order chi connectivity index (χ1) is 9.34. The number of rotatable bonds is 2. The zero-order valence-corrected chi connectivity index (χ0v) is 11.5. The van der Waals surface area contributed by atoms with Crippen LogP contribution >= 0.6 is 0 Å². The maximum absolute atomic E-state index is 3.54. The fourth-order valence-corrected chi connectivity index (χ4v) is 3.12. The molecule has 1 nitrogen and oxygen atoms in total. The molecule has 0 aliphatic carbocycles. The van der Waals surface area contributed by atoms with E-state index in [1.807, 2.05) is 0 Å². The van der Waals surface area contributed by atoms with E-state index in [0.717, 1.165) is 13.1 Å². The summed E-state index contributed by atoms with van der Waals surface area (Å²) in [5.41, 5.74) is 4.29. The quantitative estimate of drug-likeness (QED) is 0.854. The summed E-state index contributed by atoms with van der Waals surface area (Å²) in [6.07, 6.45) is 1.22. The van der Waals surface area contributed by atoms with Crippen molar-refractivity contribution in [2.45, 2.75) is 25.2 Å². The summed E-state index contributed by atoms with van der Waals surface area (Å²) >= 11 is 0. The van der Waals surface area contributed by atoms with Gasteiger partial charge in [-0.2, -0.15) is 0 Å². The molecule has 19 heavy (non-hydrogen) atoms. The number of hydrogen-bond acceptors (Lipinski definition) is 1. The van der Waals surface area contributed by atoms with Crippen molar-refractivity contribution in [2.24, 2.45) is 0 Å². The largest absolute Gasteiger partial charge is 0.316 e. The summed E-state index contributed by atoms with van der Waals surface area (Å²) in [5, 5.41) is 3.54. The first-order valence-corrected chi connectivity index (χ1v) is 7.17. The molecule has 98 valence electrons. The Balaban J connectivity index is 1.91. The summed E-state index contributed by atoms with van der Waals surface area (Å²) < 4.78 is 0. The van der Waals surface area contributed by atoms with Crippen molar-refractivity contribution in [1.29, 1.82) is 0 Å². The zero-order valence-electron chi connectivity index (χ0n) is 11.5. The fourth-order valence-electron chi connectivity index (χ4n) is 3.12. The van der Waals surface area contributed by atoms with Crippen molar-refractivity contribution in [3.05, 3.63) is 71.3 Å². The lowest BCUT2D eigenvalue weighted by Gasteiger charge is -2.33. The van der Waals surface area contributed by atoms with Crippen LogP contribution in [0.25, 0.3) is 0 Å². The molecule has 1 aliphatic rings. The molecule has 1 fully saturated rings. The Morgan fingerprint density at radius 2 is 1.53 bits per heavy atom. The second kappa shape index (κ2) is 5.58. The molecule has 1 saturated heterocycles. The van der Waals surface area contributed by atoms with Gasteiger partial charge in [0.1, 0.15) is 0 Å². The Kier molecular flexibility index (Phi) is 3.65. The lowest BCUT2D eigenvalue weighted by molar-refractivity contribution is 0.404. The molecular formula is C18H21N. The van der Waals surface area contributed by atoms with Gasteiger partial charge >= 0.3 is 0 Å². The summed E-state index contributed by atoms with van der Waals surface area (Å²) in [4.78, 5) is 0. The van der Waals surface area contributed by atoms with Crippen molar-refractivity contribution in [3.63, 3.8) is 0 Å². The highest BCUT2D eigenvalue weighted by atomic mass is 14.9. The van der Waals surface area contributed by atoms with Gasteiger partial charge in [-0.1, -0.05) is 60.2 Å². The number of benzene rings is 2. The second-order valence-electron chi connectivity index (χ2n) is 5.53. The third-order valence-corrected chi connectivity index (χ3v) is 4.22. The topological polar surface area (TPSA) is 12.0 Å². The monoisotopic (exact) mass is 251 g/mol. The van der Waals surface area contributed by atoms with E-state index in [0.29, 0.717) is 11.8 Å². The summed E-state index contributed by atoms with van der Waals surface area (Å²) in [5.74, 6) is 1.24. The van der Waals surface area contributed by atoms with Crippen LogP contribution in [0.3, 0.4) is 0 Å². The van der Waals surface area contributed by atoms with Crippen LogP contribution in [0.4, 0.5) is 0 Å². The molecule has 0 aromatic heterocycles. The highest BCUT2D eigenvalue weighted by Crippen LogP contribution is 2.37. The molecule has 0 radical (unpaired) electrons. The summed E-state index contributed by atoms with van der Waals surface area (Å²) in [7, 11) is 0. The van der Waals surface area contributed by atoms with Gasteiger partial charge in [0.15, 0.2) is 0 Å². The smallest absolute Gasteiger partial charge is 0.00326 e. The fraction of sp³-hybridized carbons (Fsp3) is 0.333. The molecule has 0 amide bonds. The molecule has 2 aromatic carbocycles. The number of piperidine rings is 1. The highest BCUT2D eigenvalue weighted by molar-refractivity contribution is 5.31. The van der Waals surface area contributed by atoms with E-state index in [4.69, 9.17) is 0 Å². The van der Waals surface area contributed by atoms with Crippen molar-refractivity contribution >= 4 is 0 Å². The van der Waals surface area contributed by atoms with Crippen LogP contribution in [0.2, 0.25) is 0 Å². The molecule has 0 saturated carbocycles. The average molecular weight is 251 g/mol. The van der Waals surface area contributed by atoms with Crippen LogP contribution < -0.4 is 5.32 Å². The normalized spacial score (nSPS) is 23.2. The van der Waals surface area contributed by atoms with Crippen LogP contribution in [0.1, 0.15) is 34.9 Å². The Bertz CT molecular complexity index is 515. The standard InChI is InChI=1S/C18H21N/c1-14-7-9-16(10-8-14)17-11-12-19-13-18(17)15-5-3-2-4-6-15/h2-10,17-19H,11-13H2,1H3/t17-,18-/m0/s1. The summed E-state index contributed by atoms with van der Waals surface area (Å²) in [6.45, 7) is 4.37. The molecule has 2 aromatic rings. The van der Waals surface area contributed by atoms with Gasteiger partial charge < -0.3 is 5.32 Å². The molecule has 1 aliphatic heterocycles. The Morgan fingerprint density at radius 1 is 0.842 bits per heavy atom. The molecule has 1 N–H and O–H groups in total. The van der Waals surface area contributed by atoms with Crippen LogP contribution in [-0.2, 0) is 0 Å². The van der Waals surface area contributed by atoms with Crippen LogP contribution in [-0.4, -0.2) is 13.1 Å². The van der Waals surface area contributed by atoms with Crippen molar-refractivity contribution in [1.82, 2.24) is 5.32 Å². The van der Waals surface area contributed by atoms with Gasteiger partial charge in [0.25, 0.3) is 0 Å². The molecule has 3 rings (SSSR count). The third-order valence-electron chi connectivity index (χ3n) is 4.22. The van der Waals surface area contributed by atoms with Crippen molar-refractivity contribution < 1.29 is 0 Å². The average Bonchev–Trinajstić information content (AvgIpc) is 2.49. The first kappa shape index (κ1) is 12.4.